The maximum absolute atomic E-state index is 14.0. The molecule has 1 aliphatic heterocycles. The molecular formula is C18H18Cl2FN5O. The van der Waals surface area contributed by atoms with Gasteiger partial charge in [0.05, 0.1) is 27.9 Å². The van der Waals surface area contributed by atoms with Crippen LogP contribution in [0, 0.1) is 5.82 Å². The van der Waals surface area contributed by atoms with Crippen LogP contribution in [0.5, 0.6) is 0 Å². The van der Waals surface area contributed by atoms with Gasteiger partial charge in [-0.15, -0.1) is 0 Å². The van der Waals surface area contributed by atoms with Gasteiger partial charge in [-0.25, -0.2) is 15.2 Å². The summed E-state index contributed by atoms with van der Waals surface area (Å²) in [6.45, 7) is 1.98. The minimum atomic E-state index is -0.558. The van der Waals surface area contributed by atoms with Crippen LogP contribution in [0.4, 0.5) is 10.2 Å². The second-order valence-corrected chi connectivity index (χ2v) is 7.02. The Morgan fingerprint density at radius 3 is 2.78 bits per heavy atom. The standard InChI is InChI=1S/C18H18Cl2FN5O/c1-10-8-15(26(23)17-13(21)6-3-7-24-17)14(22)9-25(10)18(27)11-4-2-5-12(19)16(11)20/h2-7,10H,8-9,22-23H2,1H3/t10-/m0/s1. The van der Waals surface area contributed by atoms with Crippen molar-refractivity contribution >= 4 is 34.9 Å². The highest BCUT2D eigenvalue weighted by atomic mass is 35.5. The zero-order valence-corrected chi connectivity index (χ0v) is 16.0. The predicted octanol–water partition coefficient (Wildman–Crippen LogP) is 3.31. The lowest BCUT2D eigenvalue weighted by atomic mass is 10.0. The molecular weight excluding hydrogens is 392 g/mol. The van der Waals surface area contributed by atoms with E-state index in [0.717, 1.165) is 5.01 Å². The summed E-state index contributed by atoms with van der Waals surface area (Å²) in [6.07, 6.45) is 1.78. The fourth-order valence-electron chi connectivity index (χ4n) is 2.98. The Morgan fingerprint density at radius 2 is 2.07 bits per heavy atom. The molecule has 6 nitrogen and oxygen atoms in total. The fourth-order valence-corrected chi connectivity index (χ4v) is 3.36. The molecule has 1 aromatic carbocycles. The minimum Gasteiger partial charge on any atom is -0.399 e. The maximum atomic E-state index is 14.0. The number of pyridine rings is 1. The van der Waals surface area contributed by atoms with Gasteiger partial charge in [0, 0.05) is 24.4 Å². The summed E-state index contributed by atoms with van der Waals surface area (Å²) in [4.78, 5) is 18.5. The molecule has 0 unspecified atom stereocenters. The molecule has 3 rings (SSSR count). The smallest absolute Gasteiger partial charge is 0.256 e. The van der Waals surface area contributed by atoms with Gasteiger partial charge in [-0.05, 0) is 31.2 Å². The number of carbonyl (C=O) groups is 1. The van der Waals surface area contributed by atoms with Gasteiger partial charge in [0.2, 0.25) is 0 Å². The molecule has 0 aliphatic carbocycles. The van der Waals surface area contributed by atoms with Crippen LogP contribution < -0.4 is 16.6 Å². The van der Waals surface area contributed by atoms with Gasteiger partial charge in [-0.2, -0.15) is 0 Å². The Labute approximate surface area is 166 Å². The van der Waals surface area contributed by atoms with Crippen LogP contribution in [-0.4, -0.2) is 28.4 Å². The molecule has 0 saturated carbocycles. The zero-order valence-electron chi connectivity index (χ0n) is 14.5. The second kappa shape index (κ2) is 7.72. The molecule has 0 radical (unpaired) electrons. The molecule has 1 aliphatic rings. The van der Waals surface area contributed by atoms with E-state index in [9.17, 15) is 9.18 Å². The number of nitrogens with two attached hydrogens (primary N) is 2. The van der Waals surface area contributed by atoms with Gasteiger partial charge >= 0.3 is 0 Å². The third-order valence-corrected chi connectivity index (χ3v) is 5.25. The SMILES string of the molecule is C[C@H]1CC(N(N)c2ncccc2F)=C(N)CN1C(=O)c1cccc(Cl)c1Cl. The molecule has 0 saturated heterocycles. The van der Waals surface area contributed by atoms with Crippen molar-refractivity contribution in [3.8, 4) is 0 Å². The van der Waals surface area contributed by atoms with Gasteiger partial charge in [-0.1, -0.05) is 29.3 Å². The Hall–Kier alpha value is -2.35. The third kappa shape index (κ3) is 3.71. The summed E-state index contributed by atoms with van der Waals surface area (Å²) in [7, 11) is 0. The van der Waals surface area contributed by atoms with Crippen LogP contribution in [0.25, 0.3) is 0 Å². The first-order chi connectivity index (χ1) is 12.8. The highest BCUT2D eigenvalue weighted by molar-refractivity contribution is 6.43. The fraction of sp³-hybridized carbons (Fsp3) is 0.222. The lowest BCUT2D eigenvalue weighted by molar-refractivity contribution is 0.0695. The number of amides is 1. The summed E-state index contributed by atoms with van der Waals surface area (Å²) in [5.74, 6) is 5.18. The molecule has 0 spiro atoms. The Kier molecular flexibility index (Phi) is 5.55. The van der Waals surface area contributed by atoms with Crippen molar-refractivity contribution in [3.63, 3.8) is 0 Å². The van der Waals surface area contributed by atoms with Gasteiger partial charge in [0.15, 0.2) is 11.6 Å². The van der Waals surface area contributed by atoms with Gasteiger partial charge in [0.1, 0.15) is 0 Å². The van der Waals surface area contributed by atoms with E-state index in [0.29, 0.717) is 28.4 Å². The molecule has 142 valence electrons. The number of aromatic nitrogens is 1. The number of nitrogens with zero attached hydrogens (tertiary/aromatic N) is 3. The monoisotopic (exact) mass is 409 g/mol. The number of hydrogen-bond acceptors (Lipinski definition) is 5. The molecule has 4 N–H and O–H groups in total. The maximum Gasteiger partial charge on any atom is 0.256 e. The Morgan fingerprint density at radius 1 is 1.33 bits per heavy atom. The van der Waals surface area contributed by atoms with Crippen LogP contribution in [0.1, 0.15) is 23.7 Å². The van der Waals surface area contributed by atoms with Gasteiger partial charge in [0.25, 0.3) is 5.91 Å². The number of hydrogen-bond donors (Lipinski definition) is 2. The number of anilines is 1. The topological polar surface area (TPSA) is 88.5 Å². The molecule has 1 amide bonds. The van der Waals surface area contributed by atoms with E-state index >= 15 is 0 Å². The van der Waals surface area contributed by atoms with Crippen molar-refractivity contribution in [2.45, 2.75) is 19.4 Å². The van der Waals surface area contributed by atoms with Gasteiger partial charge in [-0.3, -0.25) is 9.80 Å². The molecule has 9 heteroatoms. The molecule has 0 bridgehead atoms. The van der Waals surface area contributed by atoms with Crippen LogP contribution in [-0.2, 0) is 0 Å². The summed E-state index contributed by atoms with van der Waals surface area (Å²) in [5.41, 5.74) is 7.33. The molecule has 2 heterocycles. The van der Waals surface area contributed by atoms with E-state index in [4.69, 9.17) is 34.8 Å². The highest BCUT2D eigenvalue weighted by Gasteiger charge is 2.32. The normalized spacial score (nSPS) is 17.2. The van der Waals surface area contributed by atoms with Gasteiger partial charge < -0.3 is 10.6 Å². The average molecular weight is 410 g/mol. The highest BCUT2D eigenvalue weighted by Crippen LogP contribution is 2.30. The summed E-state index contributed by atoms with van der Waals surface area (Å²) < 4.78 is 14.0. The number of benzene rings is 1. The number of hydrazine groups is 1. The number of carbonyl (C=O) groups excluding carboxylic acids is 1. The Balaban J connectivity index is 1.89. The predicted molar refractivity (Wildman–Crippen MR) is 104 cm³/mol. The molecule has 1 atom stereocenters. The first kappa shape index (κ1) is 19.4. The molecule has 27 heavy (non-hydrogen) atoms. The van der Waals surface area contributed by atoms with Crippen LogP contribution in [0.3, 0.4) is 0 Å². The summed E-state index contributed by atoms with van der Waals surface area (Å²) >= 11 is 12.2. The molecule has 0 fully saturated rings. The van der Waals surface area contributed by atoms with Crippen LogP contribution in [0.2, 0.25) is 10.0 Å². The first-order valence-corrected chi connectivity index (χ1v) is 8.94. The summed E-state index contributed by atoms with van der Waals surface area (Å²) in [5, 5.41) is 1.63. The molecule has 2 aromatic rings. The summed E-state index contributed by atoms with van der Waals surface area (Å²) in [6, 6.07) is 7.38. The Bertz CT molecular complexity index is 920. The lowest BCUT2D eigenvalue weighted by Crippen LogP contribution is -2.48. The van der Waals surface area contributed by atoms with E-state index in [2.05, 4.69) is 4.98 Å². The van der Waals surface area contributed by atoms with Crippen molar-refractivity contribution in [1.82, 2.24) is 9.88 Å². The van der Waals surface area contributed by atoms with E-state index in [1.807, 2.05) is 6.92 Å². The average Bonchev–Trinajstić information content (AvgIpc) is 2.65. The number of rotatable bonds is 3. The lowest BCUT2D eigenvalue weighted by Gasteiger charge is -2.37. The van der Waals surface area contributed by atoms with Crippen molar-refractivity contribution in [2.24, 2.45) is 11.6 Å². The van der Waals surface area contributed by atoms with E-state index in [1.54, 1.807) is 23.1 Å². The van der Waals surface area contributed by atoms with E-state index in [-0.39, 0.29) is 29.3 Å². The third-order valence-electron chi connectivity index (χ3n) is 4.43. The zero-order chi connectivity index (χ0) is 19.7. The van der Waals surface area contributed by atoms with Crippen molar-refractivity contribution < 1.29 is 9.18 Å². The van der Waals surface area contributed by atoms with Crippen molar-refractivity contribution in [1.29, 1.82) is 0 Å². The van der Waals surface area contributed by atoms with Crippen LogP contribution in [0.15, 0.2) is 47.9 Å². The van der Waals surface area contributed by atoms with E-state index < -0.39 is 5.82 Å². The van der Waals surface area contributed by atoms with E-state index in [1.165, 1.54) is 18.3 Å². The van der Waals surface area contributed by atoms with Crippen LogP contribution >= 0.6 is 23.2 Å². The number of halogens is 3. The minimum absolute atomic E-state index is 0.0275. The van der Waals surface area contributed by atoms with Crippen molar-refractivity contribution in [3.05, 3.63) is 69.3 Å². The second-order valence-electron chi connectivity index (χ2n) is 6.24. The quantitative estimate of drug-likeness (QED) is 0.599. The first-order valence-electron chi connectivity index (χ1n) is 8.19. The molecule has 1 aromatic heterocycles. The largest absolute Gasteiger partial charge is 0.399 e. The van der Waals surface area contributed by atoms with Crippen molar-refractivity contribution in [2.75, 3.05) is 11.6 Å².